The van der Waals surface area contributed by atoms with Gasteiger partial charge in [-0.05, 0) is 25.6 Å². The lowest BCUT2D eigenvalue weighted by Gasteiger charge is -2.15. The normalized spacial score (nSPS) is 12.1. The molecule has 0 saturated heterocycles. The second-order valence-electron chi connectivity index (χ2n) is 3.79. The maximum Gasteiger partial charge on any atom is 0.166 e. The molecule has 17 heavy (non-hydrogen) atoms. The van der Waals surface area contributed by atoms with Crippen LogP contribution in [0.25, 0.3) is 0 Å². The van der Waals surface area contributed by atoms with Crippen molar-refractivity contribution in [2.45, 2.75) is 25.8 Å². The van der Waals surface area contributed by atoms with E-state index in [0.717, 1.165) is 25.2 Å². The lowest BCUT2D eigenvalue weighted by Crippen LogP contribution is -2.42. The summed E-state index contributed by atoms with van der Waals surface area (Å²) in [6.45, 7) is 3.47. The van der Waals surface area contributed by atoms with Gasteiger partial charge in [0.05, 0.1) is 6.61 Å². The van der Waals surface area contributed by atoms with E-state index in [1.807, 2.05) is 6.92 Å². The van der Waals surface area contributed by atoms with Crippen LogP contribution < -0.4 is 10.6 Å². The van der Waals surface area contributed by atoms with Gasteiger partial charge in [0.15, 0.2) is 5.11 Å². The molecule has 0 saturated carbocycles. The van der Waals surface area contributed by atoms with Crippen LogP contribution in [0.3, 0.4) is 0 Å². The fourth-order valence-corrected chi connectivity index (χ4v) is 1.68. The summed E-state index contributed by atoms with van der Waals surface area (Å²) < 4.78 is 5.01. The third kappa shape index (κ3) is 6.18. The van der Waals surface area contributed by atoms with Gasteiger partial charge in [-0.15, -0.1) is 0 Å². The van der Waals surface area contributed by atoms with Crippen LogP contribution in [0.15, 0.2) is 6.33 Å². The molecular weight excluding hydrogens is 238 g/mol. The molecule has 1 atom stereocenters. The second-order valence-corrected chi connectivity index (χ2v) is 4.20. The van der Waals surface area contributed by atoms with Crippen LogP contribution in [0, 0.1) is 0 Å². The highest BCUT2D eigenvalue weighted by atomic mass is 32.1. The van der Waals surface area contributed by atoms with Gasteiger partial charge >= 0.3 is 0 Å². The van der Waals surface area contributed by atoms with Gasteiger partial charge in [-0.25, -0.2) is 4.98 Å². The van der Waals surface area contributed by atoms with E-state index < -0.39 is 0 Å². The maximum absolute atomic E-state index is 5.14. The zero-order valence-electron chi connectivity index (χ0n) is 10.2. The van der Waals surface area contributed by atoms with Crippen molar-refractivity contribution in [3.63, 3.8) is 0 Å². The SMILES string of the molecule is COCC(C)NC(=S)NCCCc1ncn[nH]1. The summed E-state index contributed by atoms with van der Waals surface area (Å²) >= 11 is 5.14. The quantitative estimate of drug-likeness (QED) is 0.480. The fourth-order valence-electron chi connectivity index (χ4n) is 1.38. The molecule has 0 aromatic carbocycles. The van der Waals surface area contributed by atoms with E-state index >= 15 is 0 Å². The van der Waals surface area contributed by atoms with E-state index in [9.17, 15) is 0 Å². The standard InChI is InChI=1S/C10H19N5OS/c1-8(6-16-2)14-10(17)11-5-3-4-9-12-7-13-15-9/h7-8H,3-6H2,1-2H3,(H2,11,14,17)(H,12,13,15). The molecule has 0 amide bonds. The molecule has 6 nitrogen and oxygen atoms in total. The molecular formula is C10H19N5OS. The van der Waals surface area contributed by atoms with Crippen molar-refractivity contribution < 1.29 is 4.74 Å². The first-order chi connectivity index (χ1) is 8.22. The van der Waals surface area contributed by atoms with Gasteiger partial charge < -0.3 is 15.4 Å². The fraction of sp³-hybridized carbons (Fsp3) is 0.700. The van der Waals surface area contributed by atoms with Crippen LogP contribution in [-0.2, 0) is 11.2 Å². The number of hydrogen-bond donors (Lipinski definition) is 3. The van der Waals surface area contributed by atoms with Crippen LogP contribution >= 0.6 is 12.2 Å². The van der Waals surface area contributed by atoms with Crippen LogP contribution in [0.1, 0.15) is 19.2 Å². The Morgan fingerprint density at radius 3 is 3.12 bits per heavy atom. The predicted octanol–water partition coefficient (Wildman–Crippen LogP) is 0.236. The van der Waals surface area contributed by atoms with Crippen molar-refractivity contribution in [3.8, 4) is 0 Å². The Morgan fingerprint density at radius 1 is 1.65 bits per heavy atom. The Morgan fingerprint density at radius 2 is 2.47 bits per heavy atom. The first-order valence-electron chi connectivity index (χ1n) is 5.60. The molecule has 1 heterocycles. The molecule has 0 aliphatic heterocycles. The zero-order chi connectivity index (χ0) is 12.5. The van der Waals surface area contributed by atoms with Crippen molar-refractivity contribution in [2.75, 3.05) is 20.3 Å². The number of nitrogens with zero attached hydrogens (tertiary/aromatic N) is 2. The zero-order valence-corrected chi connectivity index (χ0v) is 11.0. The molecule has 3 N–H and O–H groups in total. The summed E-state index contributed by atoms with van der Waals surface area (Å²) in [7, 11) is 1.67. The van der Waals surface area contributed by atoms with Crippen LogP contribution in [0.4, 0.5) is 0 Å². The minimum absolute atomic E-state index is 0.217. The Bertz CT molecular complexity index is 317. The molecule has 96 valence electrons. The number of aromatic nitrogens is 3. The van der Waals surface area contributed by atoms with Gasteiger partial charge in [-0.2, -0.15) is 5.10 Å². The minimum atomic E-state index is 0.217. The molecule has 1 unspecified atom stereocenters. The average molecular weight is 257 g/mol. The van der Waals surface area contributed by atoms with Gasteiger partial charge in [-0.1, -0.05) is 0 Å². The molecule has 0 aliphatic rings. The van der Waals surface area contributed by atoms with E-state index in [4.69, 9.17) is 17.0 Å². The number of ether oxygens (including phenoxy) is 1. The molecule has 0 fully saturated rings. The van der Waals surface area contributed by atoms with E-state index in [0.29, 0.717) is 11.7 Å². The number of hydrogen-bond acceptors (Lipinski definition) is 4. The highest BCUT2D eigenvalue weighted by molar-refractivity contribution is 7.80. The highest BCUT2D eigenvalue weighted by Crippen LogP contribution is 1.91. The molecule has 0 bridgehead atoms. The minimum Gasteiger partial charge on any atom is -0.383 e. The number of methoxy groups -OCH3 is 1. The number of thiocarbonyl (C=S) groups is 1. The number of nitrogens with one attached hydrogen (secondary N) is 3. The monoisotopic (exact) mass is 257 g/mol. The first-order valence-corrected chi connectivity index (χ1v) is 6.00. The first kappa shape index (κ1) is 13.9. The third-order valence-corrected chi connectivity index (χ3v) is 2.40. The molecule has 1 aromatic heterocycles. The van der Waals surface area contributed by atoms with Gasteiger partial charge in [0.25, 0.3) is 0 Å². The Hall–Kier alpha value is -1.21. The van der Waals surface area contributed by atoms with Gasteiger partial charge in [0.1, 0.15) is 12.2 Å². The second kappa shape index (κ2) is 7.97. The molecule has 0 spiro atoms. The smallest absolute Gasteiger partial charge is 0.166 e. The maximum atomic E-state index is 5.14. The predicted molar refractivity (Wildman–Crippen MR) is 69.8 cm³/mol. The van der Waals surface area contributed by atoms with Crippen molar-refractivity contribution >= 4 is 17.3 Å². The summed E-state index contributed by atoms with van der Waals surface area (Å²) in [5.74, 6) is 0.901. The van der Waals surface area contributed by atoms with Crippen LogP contribution in [0.2, 0.25) is 0 Å². The van der Waals surface area contributed by atoms with E-state index in [-0.39, 0.29) is 6.04 Å². The summed E-state index contributed by atoms with van der Waals surface area (Å²) in [6, 6.07) is 0.217. The van der Waals surface area contributed by atoms with E-state index in [1.54, 1.807) is 7.11 Å². The lowest BCUT2D eigenvalue weighted by molar-refractivity contribution is 0.179. The topological polar surface area (TPSA) is 74.9 Å². The largest absolute Gasteiger partial charge is 0.383 e. The molecule has 1 rings (SSSR count). The molecule has 0 aliphatic carbocycles. The van der Waals surface area contributed by atoms with Crippen LogP contribution in [-0.4, -0.2) is 46.6 Å². The average Bonchev–Trinajstić information content (AvgIpc) is 2.77. The van der Waals surface area contributed by atoms with Gasteiger partial charge in [0, 0.05) is 26.1 Å². The van der Waals surface area contributed by atoms with Crippen molar-refractivity contribution in [3.05, 3.63) is 12.2 Å². The Balaban J connectivity index is 2.04. The molecule has 0 radical (unpaired) electrons. The molecule has 1 aromatic rings. The van der Waals surface area contributed by atoms with Crippen molar-refractivity contribution in [2.24, 2.45) is 0 Å². The van der Waals surface area contributed by atoms with Gasteiger partial charge in [0.2, 0.25) is 0 Å². The summed E-state index contributed by atoms with van der Waals surface area (Å²) in [4.78, 5) is 4.05. The number of H-pyrrole nitrogens is 1. The third-order valence-electron chi connectivity index (χ3n) is 2.13. The lowest BCUT2D eigenvalue weighted by atomic mass is 10.3. The number of rotatable bonds is 7. The molecule has 7 heteroatoms. The Labute approximate surface area is 107 Å². The van der Waals surface area contributed by atoms with Crippen molar-refractivity contribution in [1.29, 1.82) is 0 Å². The van der Waals surface area contributed by atoms with Crippen LogP contribution in [0.5, 0.6) is 0 Å². The summed E-state index contributed by atoms with van der Waals surface area (Å²) in [6.07, 6.45) is 3.33. The number of aryl methyl sites for hydroxylation is 1. The highest BCUT2D eigenvalue weighted by Gasteiger charge is 2.02. The van der Waals surface area contributed by atoms with E-state index in [2.05, 4.69) is 25.8 Å². The Kier molecular flexibility index (Phi) is 6.49. The van der Waals surface area contributed by atoms with E-state index in [1.165, 1.54) is 6.33 Å². The van der Waals surface area contributed by atoms with Crippen molar-refractivity contribution in [1.82, 2.24) is 25.8 Å². The van der Waals surface area contributed by atoms with Gasteiger partial charge in [-0.3, -0.25) is 5.10 Å². The summed E-state index contributed by atoms with van der Waals surface area (Å²) in [5.41, 5.74) is 0. The number of aromatic amines is 1. The summed E-state index contributed by atoms with van der Waals surface area (Å²) in [5, 5.41) is 13.5.